The summed E-state index contributed by atoms with van der Waals surface area (Å²) in [5.41, 5.74) is 2.39. The van der Waals surface area contributed by atoms with E-state index < -0.39 is 0 Å². The lowest BCUT2D eigenvalue weighted by molar-refractivity contribution is 0.148. The summed E-state index contributed by atoms with van der Waals surface area (Å²) in [4.78, 5) is 0. The number of halogens is 1. The van der Waals surface area contributed by atoms with E-state index in [1.54, 1.807) is 7.11 Å². The molecular formula is C13H20ClNO2. The van der Waals surface area contributed by atoms with E-state index in [1.807, 2.05) is 25.1 Å². The highest BCUT2D eigenvalue weighted by atomic mass is 35.5. The van der Waals surface area contributed by atoms with Crippen molar-refractivity contribution in [3.05, 3.63) is 34.3 Å². The molecule has 0 aromatic heterocycles. The van der Waals surface area contributed by atoms with Crippen molar-refractivity contribution in [1.82, 2.24) is 5.32 Å². The fourth-order valence-electron chi connectivity index (χ4n) is 1.71. The highest BCUT2D eigenvalue weighted by Gasteiger charge is 2.08. The van der Waals surface area contributed by atoms with E-state index in [0.717, 1.165) is 11.6 Å². The number of nitrogens with one attached hydrogen (secondary N) is 1. The van der Waals surface area contributed by atoms with Crippen molar-refractivity contribution in [3.8, 4) is 0 Å². The third-order valence-corrected chi connectivity index (χ3v) is 2.97. The molecular weight excluding hydrogens is 238 g/mol. The van der Waals surface area contributed by atoms with Crippen molar-refractivity contribution < 1.29 is 9.84 Å². The highest BCUT2D eigenvalue weighted by molar-refractivity contribution is 6.30. The molecule has 2 N–H and O–H groups in total. The molecule has 3 nitrogen and oxygen atoms in total. The first-order chi connectivity index (χ1) is 8.17. The average molecular weight is 258 g/mol. The minimum Gasteiger partial charge on any atom is -0.396 e. The maximum absolute atomic E-state index is 8.94. The molecule has 4 heteroatoms. The third-order valence-electron chi connectivity index (χ3n) is 2.73. The summed E-state index contributed by atoms with van der Waals surface area (Å²) >= 11 is 5.91. The third kappa shape index (κ3) is 5.04. The molecule has 0 aliphatic carbocycles. The normalized spacial score (nSPS) is 12.7. The lowest BCUT2D eigenvalue weighted by Gasteiger charge is -2.17. The number of ether oxygens (including phenoxy) is 1. The van der Waals surface area contributed by atoms with Crippen molar-refractivity contribution in [3.63, 3.8) is 0 Å². The van der Waals surface area contributed by atoms with E-state index in [-0.39, 0.29) is 12.6 Å². The molecule has 0 spiro atoms. The van der Waals surface area contributed by atoms with Gasteiger partial charge in [-0.05, 0) is 36.6 Å². The Morgan fingerprint density at radius 3 is 2.82 bits per heavy atom. The van der Waals surface area contributed by atoms with Gasteiger partial charge in [-0.25, -0.2) is 0 Å². The molecule has 1 aromatic rings. The van der Waals surface area contributed by atoms with Crippen LogP contribution in [0.3, 0.4) is 0 Å². The van der Waals surface area contributed by atoms with Crippen molar-refractivity contribution in [2.75, 3.05) is 20.3 Å². The fraction of sp³-hybridized carbons (Fsp3) is 0.538. The van der Waals surface area contributed by atoms with Crippen LogP contribution in [-0.4, -0.2) is 31.5 Å². The van der Waals surface area contributed by atoms with Crippen LogP contribution in [0.25, 0.3) is 0 Å². The zero-order valence-corrected chi connectivity index (χ0v) is 11.1. The van der Waals surface area contributed by atoms with Crippen LogP contribution in [-0.2, 0) is 11.3 Å². The Balaban J connectivity index is 2.52. The van der Waals surface area contributed by atoms with Crippen LogP contribution in [0.4, 0.5) is 0 Å². The van der Waals surface area contributed by atoms with Gasteiger partial charge in [0.15, 0.2) is 0 Å². The minimum atomic E-state index is 0.167. The van der Waals surface area contributed by atoms with Gasteiger partial charge in [0.1, 0.15) is 0 Å². The second kappa shape index (κ2) is 7.67. The highest BCUT2D eigenvalue weighted by Crippen LogP contribution is 2.15. The molecule has 0 heterocycles. The Morgan fingerprint density at radius 2 is 2.24 bits per heavy atom. The molecule has 0 fully saturated rings. The van der Waals surface area contributed by atoms with Crippen LogP contribution < -0.4 is 5.32 Å². The molecule has 1 rings (SSSR count). The summed E-state index contributed by atoms with van der Waals surface area (Å²) in [6.45, 7) is 3.57. The van der Waals surface area contributed by atoms with Crippen molar-refractivity contribution in [1.29, 1.82) is 0 Å². The van der Waals surface area contributed by atoms with Gasteiger partial charge in [0, 0.05) is 31.3 Å². The summed E-state index contributed by atoms with van der Waals surface area (Å²) in [5, 5.41) is 13.1. The summed E-state index contributed by atoms with van der Waals surface area (Å²) in [5.74, 6) is 0. The number of aryl methyl sites for hydroxylation is 1. The van der Waals surface area contributed by atoms with Crippen LogP contribution in [0.1, 0.15) is 17.5 Å². The maximum atomic E-state index is 8.94. The summed E-state index contributed by atoms with van der Waals surface area (Å²) in [7, 11) is 1.67. The van der Waals surface area contributed by atoms with Crippen molar-refractivity contribution in [2.24, 2.45) is 0 Å². The average Bonchev–Trinajstić information content (AvgIpc) is 2.28. The molecule has 0 radical (unpaired) electrons. The van der Waals surface area contributed by atoms with Gasteiger partial charge in [-0.15, -0.1) is 0 Å². The first-order valence-corrected chi connectivity index (χ1v) is 6.13. The molecule has 1 atom stereocenters. The van der Waals surface area contributed by atoms with Gasteiger partial charge in [-0.3, -0.25) is 0 Å². The fourth-order valence-corrected chi connectivity index (χ4v) is 1.94. The monoisotopic (exact) mass is 257 g/mol. The zero-order valence-electron chi connectivity index (χ0n) is 10.4. The first kappa shape index (κ1) is 14.5. The molecule has 0 bridgehead atoms. The SMILES string of the molecule is COCC(CCO)NCc1ccc(Cl)cc1C. The summed E-state index contributed by atoms with van der Waals surface area (Å²) in [6, 6.07) is 6.05. The molecule has 0 aliphatic heterocycles. The summed E-state index contributed by atoms with van der Waals surface area (Å²) < 4.78 is 5.10. The van der Waals surface area contributed by atoms with E-state index in [2.05, 4.69) is 5.32 Å². The predicted molar refractivity (Wildman–Crippen MR) is 70.4 cm³/mol. The van der Waals surface area contributed by atoms with Crippen LogP contribution in [0.5, 0.6) is 0 Å². The lowest BCUT2D eigenvalue weighted by Crippen LogP contribution is -2.33. The van der Waals surface area contributed by atoms with Gasteiger partial charge in [0.25, 0.3) is 0 Å². The Kier molecular flexibility index (Phi) is 6.52. The van der Waals surface area contributed by atoms with E-state index >= 15 is 0 Å². The van der Waals surface area contributed by atoms with E-state index in [9.17, 15) is 0 Å². The number of methoxy groups -OCH3 is 1. The van der Waals surface area contributed by atoms with Crippen LogP contribution >= 0.6 is 11.6 Å². The van der Waals surface area contributed by atoms with Crippen molar-refractivity contribution in [2.45, 2.75) is 25.9 Å². The van der Waals surface area contributed by atoms with Gasteiger partial charge in [-0.2, -0.15) is 0 Å². The molecule has 1 unspecified atom stereocenters. The number of rotatable bonds is 7. The topological polar surface area (TPSA) is 41.5 Å². The van der Waals surface area contributed by atoms with E-state index in [1.165, 1.54) is 11.1 Å². The smallest absolute Gasteiger partial charge is 0.0616 e. The van der Waals surface area contributed by atoms with E-state index in [4.69, 9.17) is 21.4 Å². The Labute approximate surface area is 108 Å². The molecule has 17 heavy (non-hydrogen) atoms. The zero-order chi connectivity index (χ0) is 12.7. The molecule has 0 saturated heterocycles. The van der Waals surface area contributed by atoms with Gasteiger partial charge < -0.3 is 15.2 Å². The first-order valence-electron chi connectivity index (χ1n) is 5.75. The van der Waals surface area contributed by atoms with Gasteiger partial charge >= 0.3 is 0 Å². The van der Waals surface area contributed by atoms with Crippen LogP contribution in [0, 0.1) is 6.92 Å². The van der Waals surface area contributed by atoms with Crippen molar-refractivity contribution >= 4 is 11.6 Å². The number of aliphatic hydroxyl groups is 1. The Bertz CT molecular complexity index is 338. The number of benzene rings is 1. The number of hydrogen-bond acceptors (Lipinski definition) is 3. The second-order valence-electron chi connectivity index (χ2n) is 4.12. The lowest BCUT2D eigenvalue weighted by atomic mass is 10.1. The van der Waals surface area contributed by atoms with Crippen LogP contribution in [0.15, 0.2) is 18.2 Å². The number of aliphatic hydroxyl groups excluding tert-OH is 1. The molecule has 0 saturated carbocycles. The van der Waals surface area contributed by atoms with E-state index in [0.29, 0.717) is 13.0 Å². The van der Waals surface area contributed by atoms with Gasteiger partial charge in [-0.1, -0.05) is 17.7 Å². The molecule has 0 amide bonds. The summed E-state index contributed by atoms with van der Waals surface area (Å²) in [6.07, 6.45) is 0.695. The molecule has 1 aromatic carbocycles. The molecule has 96 valence electrons. The standard InChI is InChI=1S/C13H20ClNO2/c1-10-7-12(14)4-3-11(10)8-15-13(5-6-16)9-17-2/h3-4,7,13,15-16H,5-6,8-9H2,1-2H3. The Morgan fingerprint density at radius 1 is 1.47 bits per heavy atom. The largest absolute Gasteiger partial charge is 0.396 e. The predicted octanol–water partition coefficient (Wildman–Crippen LogP) is 2.14. The molecule has 0 aliphatic rings. The van der Waals surface area contributed by atoms with Gasteiger partial charge in [0.05, 0.1) is 6.61 Å². The maximum Gasteiger partial charge on any atom is 0.0616 e. The number of hydrogen-bond donors (Lipinski definition) is 2. The minimum absolute atomic E-state index is 0.167. The van der Waals surface area contributed by atoms with Gasteiger partial charge in [0.2, 0.25) is 0 Å². The van der Waals surface area contributed by atoms with Crippen LogP contribution in [0.2, 0.25) is 5.02 Å². The quantitative estimate of drug-likeness (QED) is 0.786. The Hall–Kier alpha value is -0.610. The second-order valence-corrected chi connectivity index (χ2v) is 4.55.